The summed E-state index contributed by atoms with van der Waals surface area (Å²) < 4.78 is 1.70. The van der Waals surface area contributed by atoms with Crippen molar-refractivity contribution in [1.82, 2.24) is 25.1 Å². The van der Waals surface area contributed by atoms with Crippen molar-refractivity contribution in [1.29, 1.82) is 5.26 Å². The first-order valence-electron chi connectivity index (χ1n) is 10.7. The zero-order valence-electron chi connectivity index (χ0n) is 18.3. The molecule has 2 atom stereocenters. The first-order chi connectivity index (χ1) is 16.1. The number of aromatic nitrogens is 4. The molecule has 0 aliphatic carbocycles. The Morgan fingerprint density at radius 3 is 2.39 bits per heavy atom. The molecule has 0 saturated heterocycles. The van der Waals surface area contributed by atoms with Gasteiger partial charge in [0, 0.05) is 13.2 Å². The second-order valence-electron chi connectivity index (χ2n) is 7.69. The van der Waals surface area contributed by atoms with Gasteiger partial charge in [-0.15, -0.1) is 0 Å². The average Bonchev–Trinajstić information content (AvgIpc) is 3.29. The summed E-state index contributed by atoms with van der Waals surface area (Å²) in [6.45, 7) is 0.653. The third kappa shape index (κ3) is 5.80. The lowest BCUT2D eigenvalue weighted by Gasteiger charge is -2.26. The molecule has 4 rings (SSSR count). The van der Waals surface area contributed by atoms with E-state index < -0.39 is 6.23 Å². The molecule has 2 aromatic heterocycles. The second-order valence-corrected chi connectivity index (χ2v) is 7.69. The highest BCUT2D eigenvalue weighted by atomic mass is 16.3. The van der Waals surface area contributed by atoms with Crippen LogP contribution in [-0.4, -0.2) is 37.6 Å². The van der Waals surface area contributed by atoms with Crippen molar-refractivity contribution in [2.45, 2.75) is 18.7 Å². The molecule has 0 aliphatic rings. The molecule has 2 heterocycles. The van der Waals surface area contributed by atoms with E-state index >= 15 is 0 Å². The standard InChI is InChI=1S/C25H25N7O/c1-32-17-21(14-30-32)24-28-15-22(16-29-24)31-25(33)23(20-5-3-2-4-6-20)27-12-11-18-7-9-19(13-26)10-8-18/h2-10,14-17,23,25,27,31,33H,11-12H2,1H3. The molecule has 0 spiro atoms. The van der Waals surface area contributed by atoms with E-state index in [4.69, 9.17) is 5.26 Å². The number of benzene rings is 2. The van der Waals surface area contributed by atoms with Crippen molar-refractivity contribution < 1.29 is 5.11 Å². The van der Waals surface area contributed by atoms with Gasteiger partial charge in [-0.3, -0.25) is 4.68 Å². The van der Waals surface area contributed by atoms with Crippen molar-refractivity contribution in [3.63, 3.8) is 0 Å². The number of hydrogen-bond donors (Lipinski definition) is 3. The van der Waals surface area contributed by atoms with Crippen LogP contribution >= 0.6 is 0 Å². The van der Waals surface area contributed by atoms with Crippen LogP contribution in [0.25, 0.3) is 11.4 Å². The van der Waals surface area contributed by atoms with Crippen LogP contribution in [-0.2, 0) is 13.5 Å². The fraction of sp³-hybridized carbons (Fsp3) is 0.200. The highest BCUT2D eigenvalue weighted by molar-refractivity contribution is 5.54. The number of nitriles is 1. The van der Waals surface area contributed by atoms with E-state index in [0.29, 0.717) is 23.6 Å². The molecule has 0 fully saturated rings. The Balaban J connectivity index is 1.42. The first kappa shape index (κ1) is 22.1. The molecular weight excluding hydrogens is 414 g/mol. The molecule has 0 amide bonds. The molecule has 166 valence electrons. The van der Waals surface area contributed by atoms with Gasteiger partial charge >= 0.3 is 0 Å². The molecule has 0 aliphatic heterocycles. The second kappa shape index (κ2) is 10.5. The first-order valence-corrected chi connectivity index (χ1v) is 10.7. The molecule has 0 radical (unpaired) electrons. The van der Waals surface area contributed by atoms with Crippen molar-refractivity contribution in [3.8, 4) is 17.5 Å². The van der Waals surface area contributed by atoms with E-state index in [-0.39, 0.29) is 6.04 Å². The lowest BCUT2D eigenvalue weighted by Crippen LogP contribution is -2.38. The maximum Gasteiger partial charge on any atom is 0.162 e. The number of aliphatic hydroxyl groups excluding tert-OH is 1. The normalized spacial score (nSPS) is 12.6. The summed E-state index contributed by atoms with van der Waals surface area (Å²) in [7, 11) is 1.84. The van der Waals surface area contributed by atoms with E-state index in [1.165, 1.54) is 0 Å². The summed E-state index contributed by atoms with van der Waals surface area (Å²) in [4.78, 5) is 8.76. The highest BCUT2D eigenvalue weighted by Gasteiger charge is 2.21. The molecule has 4 aromatic rings. The van der Waals surface area contributed by atoms with Crippen molar-refractivity contribution in [2.24, 2.45) is 7.05 Å². The molecule has 8 heteroatoms. The zero-order valence-corrected chi connectivity index (χ0v) is 18.3. The van der Waals surface area contributed by atoms with Gasteiger partial charge in [0.25, 0.3) is 0 Å². The molecule has 3 N–H and O–H groups in total. The van der Waals surface area contributed by atoms with Gasteiger partial charge in [0.05, 0.1) is 47.5 Å². The number of nitrogens with one attached hydrogen (secondary N) is 2. The predicted octanol–water partition coefficient (Wildman–Crippen LogP) is 3.05. The van der Waals surface area contributed by atoms with Crippen LogP contribution in [0.4, 0.5) is 5.69 Å². The van der Waals surface area contributed by atoms with E-state index in [1.54, 1.807) is 23.3 Å². The maximum atomic E-state index is 11.0. The fourth-order valence-electron chi connectivity index (χ4n) is 3.53. The number of anilines is 1. The zero-order chi connectivity index (χ0) is 23.0. The van der Waals surface area contributed by atoms with Crippen molar-refractivity contribution in [2.75, 3.05) is 11.9 Å². The van der Waals surface area contributed by atoms with Crippen LogP contribution in [0.3, 0.4) is 0 Å². The lowest BCUT2D eigenvalue weighted by molar-refractivity contribution is 0.154. The fourth-order valence-corrected chi connectivity index (χ4v) is 3.53. The monoisotopic (exact) mass is 439 g/mol. The van der Waals surface area contributed by atoms with Crippen LogP contribution < -0.4 is 10.6 Å². The van der Waals surface area contributed by atoms with Crippen LogP contribution in [0.2, 0.25) is 0 Å². The highest BCUT2D eigenvalue weighted by Crippen LogP contribution is 2.20. The van der Waals surface area contributed by atoms with E-state index in [2.05, 4.69) is 31.8 Å². The number of rotatable bonds is 9. The minimum Gasteiger partial charge on any atom is -0.372 e. The topological polar surface area (TPSA) is 112 Å². The van der Waals surface area contributed by atoms with Gasteiger partial charge in [-0.2, -0.15) is 10.4 Å². The predicted molar refractivity (Wildman–Crippen MR) is 126 cm³/mol. The molecule has 2 unspecified atom stereocenters. The summed E-state index contributed by atoms with van der Waals surface area (Å²) in [5.74, 6) is 0.572. The number of aryl methyl sites for hydroxylation is 1. The van der Waals surface area contributed by atoms with Crippen molar-refractivity contribution >= 4 is 5.69 Å². The summed E-state index contributed by atoms with van der Waals surface area (Å²) >= 11 is 0. The van der Waals surface area contributed by atoms with Crippen LogP contribution in [0, 0.1) is 11.3 Å². The van der Waals surface area contributed by atoms with Gasteiger partial charge in [0.15, 0.2) is 5.82 Å². The third-order valence-corrected chi connectivity index (χ3v) is 5.26. The Kier molecular flexibility index (Phi) is 7.05. The van der Waals surface area contributed by atoms with E-state index in [1.807, 2.05) is 67.8 Å². The van der Waals surface area contributed by atoms with Gasteiger partial charge in [-0.1, -0.05) is 42.5 Å². The van der Waals surface area contributed by atoms with E-state index in [0.717, 1.165) is 23.1 Å². The minimum absolute atomic E-state index is 0.345. The Bertz CT molecular complexity index is 1200. The maximum absolute atomic E-state index is 11.0. The smallest absolute Gasteiger partial charge is 0.162 e. The lowest BCUT2D eigenvalue weighted by atomic mass is 10.0. The van der Waals surface area contributed by atoms with Crippen LogP contribution in [0.5, 0.6) is 0 Å². The van der Waals surface area contributed by atoms with Crippen LogP contribution in [0.1, 0.15) is 22.7 Å². The van der Waals surface area contributed by atoms with Crippen molar-refractivity contribution in [3.05, 3.63) is 96.1 Å². The SMILES string of the molecule is Cn1cc(-c2ncc(NC(O)C(NCCc3ccc(C#N)cc3)c3ccccc3)cn2)cn1. The Morgan fingerprint density at radius 2 is 1.76 bits per heavy atom. The summed E-state index contributed by atoms with van der Waals surface area (Å²) in [6, 6.07) is 19.1. The molecule has 2 aromatic carbocycles. The quantitative estimate of drug-likeness (QED) is 0.344. The number of aliphatic hydroxyl groups is 1. The molecule has 33 heavy (non-hydrogen) atoms. The average molecular weight is 440 g/mol. The Morgan fingerprint density at radius 1 is 1.03 bits per heavy atom. The Labute approximate surface area is 192 Å². The summed E-state index contributed by atoms with van der Waals surface area (Å²) in [5.41, 5.74) is 4.17. The third-order valence-electron chi connectivity index (χ3n) is 5.26. The minimum atomic E-state index is -0.902. The van der Waals surface area contributed by atoms with Gasteiger partial charge in [-0.25, -0.2) is 9.97 Å². The summed E-state index contributed by atoms with van der Waals surface area (Å²) in [6.07, 6.45) is 6.72. The van der Waals surface area contributed by atoms with Gasteiger partial charge in [0.1, 0.15) is 6.23 Å². The number of nitrogens with zero attached hydrogens (tertiary/aromatic N) is 5. The van der Waals surface area contributed by atoms with Crippen LogP contribution in [0.15, 0.2) is 79.4 Å². The molecule has 0 saturated carbocycles. The Hall–Kier alpha value is -4.06. The molecule has 8 nitrogen and oxygen atoms in total. The molecule has 0 bridgehead atoms. The molecular formula is C25H25N7O. The van der Waals surface area contributed by atoms with E-state index in [9.17, 15) is 5.11 Å². The van der Waals surface area contributed by atoms with Gasteiger partial charge < -0.3 is 15.7 Å². The number of hydrogen-bond acceptors (Lipinski definition) is 7. The largest absolute Gasteiger partial charge is 0.372 e. The summed E-state index contributed by atoms with van der Waals surface area (Å²) in [5, 5.41) is 30.6. The van der Waals surface area contributed by atoms with Gasteiger partial charge in [0.2, 0.25) is 0 Å². The van der Waals surface area contributed by atoms with Gasteiger partial charge in [-0.05, 0) is 36.2 Å².